The fourth-order valence-corrected chi connectivity index (χ4v) is 6.00. The highest BCUT2D eigenvalue weighted by Gasteiger charge is 2.19. The molecule has 0 saturated heterocycles. The van der Waals surface area contributed by atoms with E-state index in [1.807, 2.05) is 60.0 Å². The van der Waals surface area contributed by atoms with Crippen LogP contribution in [0, 0.1) is 0 Å². The Morgan fingerprint density at radius 2 is 1.89 bits per heavy atom. The van der Waals surface area contributed by atoms with Gasteiger partial charge >= 0.3 is 6.09 Å². The van der Waals surface area contributed by atoms with Crippen molar-refractivity contribution < 1.29 is 9.53 Å². The zero-order chi connectivity index (χ0) is 24.0. The molecule has 4 N–H and O–H groups in total. The van der Waals surface area contributed by atoms with Crippen LogP contribution in [0.15, 0.2) is 60.0 Å². The van der Waals surface area contributed by atoms with Gasteiger partial charge in [0.15, 0.2) is 5.13 Å². The highest BCUT2D eigenvalue weighted by Crippen LogP contribution is 2.39. The second-order valence-electron chi connectivity index (χ2n) is 8.52. The molecule has 2 aromatic heterocycles. The normalized spacial score (nSPS) is 13.9. The number of anilines is 3. The summed E-state index contributed by atoms with van der Waals surface area (Å²) in [6.07, 6.45) is 5.71. The van der Waals surface area contributed by atoms with Crippen molar-refractivity contribution in [1.29, 1.82) is 0 Å². The number of rotatable bonds is 7. The minimum absolute atomic E-state index is 0.218. The molecule has 0 atom stereocenters. The van der Waals surface area contributed by atoms with E-state index in [4.69, 9.17) is 15.5 Å². The van der Waals surface area contributed by atoms with Gasteiger partial charge in [-0.2, -0.15) is 0 Å². The smallest absolute Gasteiger partial charge is 0.411 e. The standard InChI is InChI=1S/C26H27N5O2S2/c27-23-22(35-25(31-23)28-19-11-5-2-6-12-19)24-30-21(16-34-24)18-10-7-13-20(14-18)29-26(32)33-15-17-8-3-1-4-9-17/h1,3-4,7-10,13-14,16,19H,2,5-6,11-12,15,27H2,(H,28,31)(H,29,32). The van der Waals surface area contributed by atoms with Crippen LogP contribution in [0.3, 0.4) is 0 Å². The largest absolute Gasteiger partial charge is 0.444 e. The molecule has 2 aromatic carbocycles. The summed E-state index contributed by atoms with van der Waals surface area (Å²) >= 11 is 3.09. The highest BCUT2D eigenvalue weighted by molar-refractivity contribution is 7.23. The molecular formula is C26H27N5O2S2. The fourth-order valence-electron chi connectivity index (χ4n) is 4.11. The number of amides is 1. The van der Waals surface area contributed by atoms with Crippen molar-refractivity contribution in [3.63, 3.8) is 0 Å². The third-order valence-corrected chi connectivity index (χ3v) is 7.90. The number of benzene rings is 2. The molecule has 0 radical (unpaired) electrons. The summed E-state index contributed by atoms with van der Waals surface area (Å²) in [7, 11) is 0. The maximum atomic E-state index is 12.2. The molecule has 2 heterocycles. The van der Waals surface area contributed by atoms with Gasteiger partial charge in [-0.1, -0.05) is 73.1 Å². The molecular weight excluding hydrogens is 478 g/mol. The Labute approximate surface area is 212 Å². The van der Waals surface area contributed by atoms with E-state index in [2.05, 4.69) is 15.6 Å². The van der Waals surface area contributed by atoms with Gasteiger partial charge in [-0.3, -0.25) is 5.32 Å². The first-order valence-corrected chi connectivity index (χ1v) is 13.4. The van der Waals surface area contributed by atoms with Crippen molar-refractivity contribution in [3.8, 4) is 21.1 Å². The van der Waals surface area contributed by atoms with E-state index < -0.39 is 6.09 Å². The van der Waals surface area contributed by atoms with Gasteiger partial charge in [-0.25, -0.2) is 14.8 Å². The van der Waals surface area contributed by atoms with Crippen LogP contribution in [-0.4, -0.2) is 22.1 Å². The zero-order valence-corrected chi connectivity index (χ0v) is 20.8. The van der Waals surface area contributed by atoms with E-state index in [9.17, 15) is 4.79 Å². The summed E-state index contributed by atoms with van der Waals surface area (Å²) in [5.41, 5.74) is 9.54. The monoisotopic (exact) mass is 505 g/mol. The number of aromatic nitrogens is 2. The van der Waals surface area contributed by atoms with Crippen molar-refractivity contribution in [1.82, 2.24) is 9.97 Å². The number of carbonyl (C=O) groups excluding carboxylic acids is 1. The molecule has 1 aliphatic rings. The Bertz CT molecular complexity index is 1280. The summed E-state index contributed by atoms with van der Waals surface area (Å²) in [6, 6.07) is 17.6. The fraction of sp³-hybridized carbons (Fsp3) is 0.269. The van der Waals surface area contributed by atoms with Gasteiger partial charge in [0.2, 0.25) is 0 Å². The predicted octanol–water partition coefficient (Wildman–Crippen LogP) is 7.01. The first-order valence-electron chi connectivity index (χ1n) is 11.7. The van der Waals surface area contributed by atoms with Crippen molar-refractivity contribution in [2.24, 2.45) is 0 Å². The van der Waals surface area contributed by atoms with Gasteiger partial charge < -0.3 is 15.8 Å². The average Bonchev–Trinajstić information content (AvgIpc) is 3.51. The Balaban J connectivity index is 1.24. The van der Waals surface area contributed by atoms with Crippen molar-refractivity contribution in [2.75, 3.05) is 16.4 Å². The van der Waals surface area contributed by atoms with E-state index in [0.717, 1.165) is 31.8 Å². The molecule has 4 aromatic rings. The second-order valence-corrected chi connectivity index (χ2v) is 10.4. The molecule has 1 aliphatic carbocycles. The van der Waals surface area contributed by atoms with Gasteiger partial charge in [-0.05, 0) is 30.5 Å². The number of nitrogens with two attached hydrogens (primary N) is 1. The number of thiazole rings is 2. The molecule has 35 heavy (non-hydrogen) atoms. The molecule has 1 saturated carbocycles. The molecule has 0 bridgehead atoms. The lowest BCUT2D eigenvalue weighted by Gasteiger charge is -2.22. The Morgan fingerprint density at radius 3 is 2.71 bits per heavy atom. The van der Waals surface area contributed by atoms with Gasteiger partial charge in [0, 0.05) is 22.7 Å². The van der Waals surface area contributed by atoms with E-state index in [1.54, 1.807) is 11.3 Å². The molecule has 1 amide bonds. The lowest BCUT2D eigenvalue weighted by molar-refractivity contribution is 0.155. The van der Waals surface area contributed by atoms with E-state index >= 15 is 0 Å². The van der Waals surface area contributed by atoms with Crippen LogP contribution in [0.4, 0.5) is 21.4 Å². The number of hydrogen-bond donors (Lipinski definition) is 3. The van der Waals surface area contributed by atoms with Gasteiger partial charge in [0.05, 0.1) is 5.69 Å². The lowest BCUT2D eigenvalue weighted by atomic mass is 9.96. The topological polar surface area (TPSA) is 102 Å². The van der Waals surface area contributed by atoms with Gasteiger partial charge in [0.25, 0.3) is 0 Å². The zero-order valence-electron chi connectivity index (χ0n) is 19.2. The van der Waals surface area contributed by atoms with Crippen LogP contribution in [0.5, 0.6) is 0 Å². The third-order valence-electron chi connectivity index (χ3n) is 5.90. The number of nitrogens with one attached hydrogen (secondary N) is 2. The first kappa shape index (κ1) is 23.3. The van der Waals surface area contributed by atoms with Crippen LogP contribution in [0.25, 0.3) is 21.1 Å². The summed E-state index contributed by atoms with van der Waals surface area (Å²) in [6.45, 7) is 0.218. The third kappa shape index (κ3) is 5.98. The van der Waals surface area contributed by atoms with Gasteiger partial charge in [0.1, 0.15) is 22.3 Å². The number of nitrogens with zero attached hydrogens (tertiary/aromatic N) is 2. The predicted molar refractivity (Wildman–Crippen MR) is 144 cm³/mol. The molecule has 5 rings (SSSR count). The van der Waals surface area contributed by atoms with E-state index in [1.165, 1.54) is 43.4 Å². The average molecular weight is 506 g/mol. The maximum Gasteiger partial charge on any atom is 0.411 e. The van der Waals surface area contributed by atoms with Crippen molar-refractivity contribution >= 4 is 45.4 Å². The number of nitrogen functional groups attached to an aromatic ring is 1. The molecule has 7 nitrogen and oxygen atoms in total. The molecule has 0 spiro atoms. The minimum atomic E-state index is -0.500. The summed E-state index contributed by atoms with van der Waals surface area (Å²) in [4.78, 5) is 22.5. The van der Waals surface area contributed by atoms with E-state index in [-0.39, 0.29) is 6.61 Å². The second kappa shape index (κ2) is 10.9. The number of ether oxygens (including phenoxy) is 1. The van der Waals surface area contributed by atoms with Crippen LogP contribution in [-0.2, 0) is 11.3 Å². The highest BCUT2D eigenvalue weighted by atomic mass is 32.1. The number of hydrogen-bond acceptors (Lipinski definition) is 8. The van der Waals surface area contributed by atoms with E-state index in [0.29, 0.717) is 17.5 Å². The minimum Gasteiger partial charge on any atom is -0.444 e. The van der Waals surface area contributed by atoms with Crippen molar-refractivity contribution in [3.05, 3.63) is 65.5 Å². The summed E-state index contributed by atoms with van der Waals surface area (Å²) in [5.74, 6) is 0.505. The SMILES string of the molecule is Nc1nc(NC2CCCCC2)sc1-c1nc(-c2cccc(NC(=O)OCc3ccccc3)c2)cs1. The van der Waals surface area contributed by atoms with Crippen LogP contribution in [0.2, 0.25) is 0 Å². The van der Waals surface area contributed by atoms with Crippen molar-refractivity contribution in [2.45, 2.75) is 44.8 Å². The summed E-state index contributed by atoms with van der Waals surface area (Å²) < 4.78 is 5.32. The quantitative estimate of drug-likeness (QED) is 0.250. The summed E-state index contributed by atoms with van der Waals surface area (Å²) in [5, 5.41) is 10.0. The molecule has 0 unspecified atom stereocenters. The lowest BCUT2D eigenvalue weighted by Crippen LogP contribution is -2.21. The van der Waals surface area contributed by atoms with Crippen LogP contribution < -0.4 is 16.4 Å². The van der Waals surface area contributed by atoms with Crippen LogP contribution in [0.1, 0.15) is 37.7 Å². The maximum absolute atomic E-state index is 12.2. The van der Waals surface area contributed by atoms with Gasteiger partial charge in [-0.15, -0.1) is 11.3 Å². The molecule has 0 aliphatic heterocycles. The molecule has 1 fully saturated rings. The Hall–Kier alpha value is -3.43. The Kier molecular flexibility index (Phi) is 7.25. The first-order chi connectivity index (χ1) is 17.1. The number of carbonyl (C=O) groups is 1. The Morgan fingerprint density at radius 1 is 1.06 bits per heavy atom. The molecule has 180 valence electrons. The van der Waals surface area contributed by atoms with Crippen LogP contribution >= 0.6 is 22.7 Å². The molecule has 9 heteroatoms.